The van der Waals surface area contributed by atoms with Crippen LogP contribution in [0.25, 0.3) is 0 Å². The molecule has 0 saturated heterocycles. The fourth-order valence-corrected chi connectivity index (χ4v) is 1.68. The van der Waals surface area contributed by atoms with Gasteiger partial charge in [0.05, 0.1) is 11.8 Å². The molecule has 102 valence electrons. The SMILES string of the molecule is N#CCCCCC(=NOCCN)c1ccc(Cl)cc1. The third-order valence-corrected chi connectivity index (χ3v) is 2.77. The van der Waals surface area contributed by atoms with E-state index in [1.807, 2.05) is 24.3 Å². The number of benzene rings is 1. The van der Waals surface area contributed by atoms with Crippen LogP contribution in [0.5, 0.6) is 0 Å². The van der Waals surface area contributed by atoms with Gasteiger partial charge in [0.15, 0.2) is 0 Å². The second kappa shape index (κ2) is 9.37. The average molecular weight is 280 g/mol. The van der Waals surface area contributed by atoms with Gasteiger partial charge in [-0.25, -0.2) is 0 Å². The van der Waals surface area contributed by atoms with Crippen molar-refractivity contribution in [2.75, 3.05) is 13.2 Å². The Morgan fingerprint density at radius 3 is 2.68 bits per heavy atom. The highest BCUT2D eigenvalue weighted by molar-refractivity contribution is 6.30. The van der Waals surface area contributed by atoms with Crippen molar-refractivity contribution >= 4 is 17.3 Å². The lowest BCUT2D eigenvalue weighted by molar-refractivity contribution is 0.152. The number of nitrogens with two attached hydrogens (primary N) is 1. The number of unbranched alkanes of at least 4 members (excludes halogenated alkanes) is 2. The normalized spacial score (nSPS) is 11.1. The molecule has 0 aliphatic rings. The van der Waals surface area contributed by atoms with E-state index in [1.54, 1.807) is 0 Å². The number of halogens is 1. The van der Waals surface area contributed by atoms with E-state index in [9.17, 15) is 0 Å². The Hall–Kier alpha value is -1.57. The zero-order valence-electron chi connectivity index (χ0n) is 10.8. The van der Waals surface area contributed by atoms with Crippen molar-refractivity contribution in [3.8, 4) is 6.07 Å². The quantitative estimate of drug-likeness (QED) is 0.451. The number of rotatable bonds is 8. The second-order valence-corrected chi connectivity index (χ2v) is 4.47. The third-order valence-electron chi connectivity index (χ3n) is 2.51. The first-order chi connectivity index (χ1) is 9.27. The van der Waals surface area contributed by atoms with Crippen LogP contribution in [0, 0.1) is 11.3 Å². The molecule has 0 heterocycles. The summed E-state index contributed by atoms with van der Waals surface area (Å²) in [5.74, 6) is 0. The van der Waals surface area contributed by atoms with Crippen LogP contribution in [-0.2, 0) is 4.84 Å². The van der Waals surface area contributed by atoms with Crippen LogP contribution in [-0.4, -0.2) is 18.9 Å². The summed E-state index contributed by atoms with van der Waals surface area (Å²) in [5, 5.41) is 13.3. The summed E-state index contributed by atoms with van der Waals surface area (Å²) in [6.45, 7) is 0.834. The minimum absolute atomic E-state index is 0.398. The molecule has 0 spiro atoms. The van der Waals surface area contributed by atoms with Gasteiger partial charge in [0.25, 0.3) is 0 Å². The molecular formula is C14H18ClN3O. The highest BCUT2D eigenvalue weighted by Crippen LogP contribution is 2.14. The van der Waals surface area contributed by atoms with E-state index in [0.717, 1.165) is 30.5 Å². The Morgan fingerprint density at radius 1 is 1.32 bits per heavy atom. The van der Waals surface area contributed by atoms with Gasteiger partial charge >= 0.3 is 0 Å². The number of nitrogens with zero attached hydrogens (tertiary/aromatic N) is 2. The topological polar surface area (TPSA) is 71.4 Å². The lowest BCUT2D eigenvalue weighted by atomic mass is 10.0. The van der Waals surface area contributed by atoms with E-state index < -0.39 is 0 Å². The van der Waals surface area contributed by atoms with Crippen LogP contribution in [0.15, 0.2) is 29.4 Å². The standard InChI is InChI=1S/C14H18ClN3O/c15-13-7-5-12(6-8-13)14(18-19-11-10-17)4-2-1-3-9-16/h5-8H,1-4,10-11,17H2. The molecule has 0 fully saturated rings. The summed E-state index contributed by atoms with van der Waals surface area (Å²) in [4.78, 5) is 5.15. The van der Waals surface area contributed by atoms with E-state index in [0.29, 0.717) is 24.6 Å². The molecule has 0 bridgehead atoms. The summed E-state index contributed by atoms with van der Waals surface area (Å²) in [5.41, 5.74) is 7.21. The van der Waals surface area contributed by atoms with E-state index in [1.165, 1.54) is 0 Å². The van der Waals surface area contributed by atoms with Gasteiger partial charge in [-0.3, -0.25) is 0 Å². The monoisotopic (exact) mass is 279 g/mol. The summed E-state index contributed by atoms with van der Waals surface area (Å²) in [6, 6.07) is 9.61. The van der Waals surface area contributed by atoms with Crippen molar-refractivity contribution in [2.24, 2.45) is 10.9 Å². The predicted molar refractivity (Wildman–Crippen MR) is 77.1 cm³/mol. The summed E-state index contributed by atoms with van der Waals surface area (Å²) in [7, 11) is 0. The molecule has 2 N–H and O–H groups in total. The molecule has 4 nitrogen and oxygen atoms in total. The van der Waals surface area contributed by atoms with Gasteiger partial charge in [-0.15, -0.1) is 0 Å². The first-order valence-corrected chi connectivity index (χ1v) is 6.67. The molecule has 0 unspecified atom stereocenters. The maximum atomic E-state index is 8.52. The zero-order chi connectivity index (χ0) is 13.9. The molecule has 0 radical (unpaired) electrons. The molecule has 0 aromatic heterocycles. The largest absolute Gasteiger partial charge is 0.394 e. The van der Waals surface area contributed by atoms with Crippen molar-refractivity contribution in [1.29, 1.82) is 5.26 Å². The second-order valence-electron chi connectivity index (χ2n) is 4.03. The molecule has 0 aliphatic heterocycles. The third kappa shape index (κ3) is 6.23. The first kappa shape index (κ1) is 15.5. The van der Waals surface area contributed by atoms with Crippen molar-refractivity contribution in [3.05, 3.63) is 34.9 Å². The Morgan fingerprint density at radius 2 is 2.05 bits per heavy atom. The predicted octanol–water partition coefficient (Wildman–Crippen LogP) is 3.10. The Bertz CT molecular complexity index is 437. The Labute approximate surface area is 118 Å². The van der Waals surface area contributed by atoms with Gasteiger partial charge in [-0.05, 0) is 37.0 Å². The van der Waals surface area contributed by atoms with Gasteiger partial charge in [-0.2, -0.15) is 5.26 Å². The van der Waals surface area contributed by atoms with E-state index >= 15 is 0 Å². The molecular weight excluding hydrogens is 262 g/mol. The minimum Gasteiger partial charge on any atom is -0.394 e. The fourth-order valence-electron chi connectivity index (χ4n) is 1.56. The van der Waals surface area contributed by atoms with Crippen LogP contribution >= 0.6 is 11.6 Å². The van der Waals surface area contributed by atoms with Crippen LogP contribution in [0.4, 0.5) is 0 Å². The highest BCUT2D eigenvalue weighted by Gasteiger charge is 2.05. The van der Waals surface area contributed by atoms with E-state index in [2.05, 4.69) is 11.2 Å². The van der Waals surface area contributed by atoms with Crippen LogP contribution in [0.3, 0.4) is 0 Å². The summed E-state index contributed by atoms with van der Waals surface area (Å²) in [6.07, 6.45) is 3.10. The van der Waals surface area contributed by atoms with Crippen LogP contribution in [0.1, 0.15) is 31.2 Å². The van der Waals surface area contributed by atoms with Crippen LogP contribution in [0.2, 0.25) is 5.02 Å². The molecule has 1 aromatic rings. The molecule has 0 aliphatic carbocycles. The maximum absolute atomic E-state index is 8.52. The number of hydrogen-bond donors (Lipinski definition) is 1. The molecule has 0 amide bonds. The van der Waals surface area contributed by atoms with Gasteiger partial charge in [0.1, 0.15) is 6.61 Å². The molecule has 1 aromatic carbocycles. The van der Waals surface area contributed by atoms with Crippen molar-refractivity contribution in [1.82, 2.24) is 0 Å². The fraction of sp³-hybridized carbons (Fsp3) is 0.429. The zero-order valence-corrected chi connectivity index (χ0v) is 11.6. The smallest absolute Gasteiger partial charge is 0.129 e. The van der Waals surface area contributed by atoms with Crippen molar-refractivity contribution in [2.45, 2.75) is 25.7 Å². The summed E-state index contributed by atoms with van der Waals surface area (Å²) < 4.78 is 0. The Balaban J connectivity index is 2.66. The van der Waals surface area contributed by atoms with Gasteiger partial charge < -0.3 is 10.6 Å². The van der Waals surface area contributed by atoms with E-state index in [4.69, 9.17) is 27.4 Å². The molecule has 0 atom stereocenters. The number of hydrogen-bond acceptors (Lipinski definition) is 4. The van der Waals surface area contributed by atoms with Gasteiger partial charge in [-0.1, -0.05) is 28.9 Å². The lowest BCUT2D eigenvalue weighted by Crippen LogP contribution is -2.08. The van der Waals surface area contributed by atoms with E-state index in [-0.39, 0.29) is 0 Å². The summed E-state index contributed by atoms with van der Waals surface area (Å²) >= 11 is 5.87. The molecule has 19 heavy (non-hydrogen) atoms. The van der Waals surface area contributed by atoms with Gasteiger partial charge in [0.2, 0.25) is 0 Å². The molecule has 0 saturated carbocycles. The van der Waals surface area contributed by atoms with Crippen LogP contribution < -0.4 is 5.73 Å². The Kier molecular flexibility index (Phi) is 7.64. The molecule has 5 heteroatoms. The average Bonchev–Trinajstić information content (AvgIpc) is 2.43. The highest BCUT2D eigenvalue weighted by atomic mass is 35.5. The minimum atomic E-state index is 0.398. The molecule has 1 rings (SSSR count). The first-order valence-electron chi connectivity index (χ1n) is 6.29. The number of oxime groups is 1. The van der Waals surface area contributed by atoms with Gasteiger partial charge in [0, 0.05) is 18.0 Å². The van der Waals surface area contributed by atoms with Crippen molar-refractivity contribution < 1.29 is 4.84 Å². The number of nitriles is 1. The maximum Gasteiger partial charge on any atom is 0.129 e. The van der Waals surface area contributed by atoms with Crippen molar-refractivity contribution in [3.63, 3.8) is 0 Å². The lowest BCUT2D eigenvalue weighted by Gasteiger charge is -2.06.